The van der Waals surface area contributed by atoms with E-state index in [9.17, 15) is 18.0 Å². The SMILES string of the molecule is Cc1ccc(N(CC(=O)N(Cc2ccccc2Cl)C(C)C(=O)NC(C)C)S(=O)(=O)c2ccc(Cl)cc2)cc1C. The van der Waals surface area contributed by atoms with Crippen LogP contribution in [0.3, 0.4) is 0 Å². The summed E-state index contributed by atoms with van der Waals surface area (Å²) >= 11 is 12.4. The van der Waals surface area contributed by atoms with Crippen LogP contribution in [0, 0.1) is 13.8 Å². The predicted octanol–water partition coefficient (Wildman–Crippen LogP) is 5.75. The van der Waals surface area contributed by atoms with E-state index in [0.717, 1.165) is 15.4 Å². The number of benzene rings is 3. The van der Waals surface area contributed by atoms with E-state index in [1.807, 2.05) is 27.7 Å². The Kier molecular flexibility index (Phi) is 10.0. The molecule has 0 aliphatic carbocycles. The van der Waals surface area contributed by atoms with Gasteiger partial charge < -0.3 is 10.2 Å². The normalized spacial score (nSPS) is 12.2. The zero-order valence-electron chi connectivity index (χ0n) is 22.6. The van der Waals surface area contributed by atoms with E-state index in [2.05, 4.69) is 5.32 Å². The highest BCUT2D eigenvalue weighted by Crippen LogP contribution is 2.27. The van der Waals surface area contributed by atoms with E-state index >= 15 is 0 Å². The van der Waals surface area contributed by atoms with Crippen molar-refractivity contribution < 1.29 is 18.0 Å². The van der Waals surface area contributed by atoms with Crippen LogP contribution in [0.15, 0.2) is 71.6 Å². The van der Waals surface area contributed by atoms with Crippen LogP contribution < -0.4 is 9.62 Å². The highest BCUT2D eigenvalue weighted by atomic mass is 35.5. The number of carbonyl (C=O) groups is 2. The van der Waals surface area contributed by atoms with Crippen LogP contribution >= 0.6 is 23.2 Å². The third-order valence-corrected chi connectivity index (χ3v) is 8.76. The Hall–Kier alpha value is -3.07. The first kappa shape index (κ1) is 30.5. The van der Waals surface area contributed by atoms with Crippen molar-refractivity contribution in [1.29, 1.82) is 0 Å². The number of hydrogen-bond acceptors (Lipinski definition) is 4. The molecule has 3 aromatic rings. The molecule has 3 aromatic carbocycles. The van der Waals surface area contributed by atoms with Gasteiger partial charge in [0.25, 0.3) is 10.0 Å². The number of nitrogens with one attached hydrogen (secondary N) is 1. The van der Waals surface area contributed by atoms with Crippen molar-refractivity contribution in [3.63, 3.8) is 0 Å². The maximum Gasteiger partial charge on any atom is 0.264 e. The minimum atomic E-state index is -4.17. The van der Waals surface area contributed by atoms with E-state index in [-0.39, 0.29) is 23.4 Å². The Morgan fingerprint density at radius 1 is 0.897 bits per heavy atom. The zero-order chi connectivity index (χ0) is 28.9. The Morgan fingerprint density at radius 2 is 1.54 bits per heavy atom. The molecule has 0 heterocycles. The summed E-state index contributed by atoms with van der Waals surface area (Å²) in [5.41, 5.74) is 2.82. The first-order valence-electron chi connectivity index (χ1n) is 12.5. The summed E-state index contributed by atoms with van der Waals surface area (Å²) in [5.74, 6) is -0.916. The van der Waals surface area contributed by atoms with Gasteiger partial charge >= 0.3 is 0 Å². The number of carbonyl (C=O) groups excluding carboxylic acids is 2. The molecule has 2 amide bonds. The average molecular weight is 591 g/mol. The quantitative estimate of drug-likeness (QED) is 0.326. The summed E-state index contributed by atoms with van der Waals surface area (Å²) in [4.78, 5) is 28.3. The van der Waals surface area contributed by atoms with Crippen LogP contribution in [-0.4, -0.2) is 43.8 Å². The molecule has 0 saturated carbocycles. The number of rotatable bonds is 10. The highest BCUT2D eigenvalue weighted by Gasteiger charge is 2.33. The fourth-order valence-corrected chi connectivity index (χ4v) is 5.67. The Bertz CT molecular complexity index is 1440. The van der Waals surface area contributed by atoms with Gasteiger partial charge in [-0.25, -0.2) is 8.42 Å². The monoisotopic (exact) mass is 589 g/mol. The summed E-state index contributed by atoms with van der Waals surface area (Å²) in [6.07, 6.45) is 0. The first-order valence-corrected chi connectivity index (χ1v) is 14.7. The van der Waals surface area contributed by atoms with Crippen LogP contribution in [0.2, 0.25) is 10.0 Å². The summed E-state index contributed by atoms with van der Waals surface area (Å²) in [5, 5.41) is 3.65. The van der Waals surface area contributed by atoms with E-state index in [4.69, 9.17) is 23.2 Å². The van der Waals surface area contributed by atoms with Gasteiger partial charge in [0.15, 0.2) is 0 Å². The Balaban J connectivity index is 2.07. The molecule has 0 saturated heterocycles. The number of anilines is 1. The molecular weight excluding hydrogens is 557 g/mol. The van der Waals surface area contributed by atoms with Gasteiger partial charge in [-0.15, -0.1) is 0 Å². The van der Waals surface area contributed by atoms with Crippen molar-refractivity contribution in [1.82, 2.24) is 10.2 Å². The lowest BCUT2D eigenvalue weighted by molar-refractivity contribution is -0.139. The van der Waals surface area contributed by atoms with Gasteiger partial charge in [0, 0.05) is 22.6 Å². The number of sulfonamides is 1. The largest absolute Gasteiger partial charge is 0.352 e. The van der Waals surface area contributed by atoms with Crippen LogP contribution in [-0.2, 0) is 26.2 Å². The van der Waals surface area contributed by atoms with Crippen molar-refractivity contribution >= 4 is 50.7 Å². The third-order valence-electron chi connectivity index (χ3n) is 6.36. The van der Waals surface area contributed by atoms with E-state index in [1.54, 1.807) is 49.4 Å². The molecule has 0 spiro atoms. The molecule has 0 aliphatic heterocycles. The Morgan fingerprint density at radius 3 is 2.13 bits per heavy atom. The second-order valence-electron chi connectivity index (χ2n) is 9.69. The number of hydrogen-bond donors (Lipinski definition) is 1. The summed E-state index contributed by atoms with van der Waals surface area (Å²) in [7, 11) is -4.17. The molecular formula is C29H33Cl2N3O4S. The van der Waals surface area contributed by atoms with Crippen molar-refractivity contribution in [3.8, 4) is 0 Å². The van der Waals surface area contributed by atoms with Gasteiger partial charge in [0.05, 0.1) is 10.6 Å². The third kappa shape index (κ3) is 7.53. The topological polar surface area (TPSA) is 86.8 Å². The molecule has 39 heavy (non-hydrogen) atoms. The lowest BCUT2D eigenvalue weighted by Gasteiger charge is -2.32. The lowest BCUT2D eigenvalue weighted by Crippen LogP contribution is -2.52. The van der Waals surface area contributed by atoms with Crippen molar-refractivity contribution in [3.05, 3.63) is 93.5 Å². The number of amides is 2. The van der Waals surface area contributed by atoms with Crippen LogP contribution in [0.25, 0.3) is 0 Å². The number of nitrogens with zero attached hydrogens (tertiary/aromatic N) is 2. The van der Waals surface area contributed by atoms with Crippen molar-refractivity contribution in [2.75, 3.05) is 10.8 Å². The number of halogens is 2. The molecule has 10 heteroatoms. The van der Waals surface area contributed by atoms with Crippen molar-refractivity contribution in [2.24, 2.45) is 0 Å². The van der Waals surface area contributed by atoms with Gasteiger partial charge in [0.2, 0.25) is 11.8 Å². The van der Waals surface area contributed by atoms with Crippen LogP contribution in [0.4, 0.5) is 5.69 Å². The molecule has 0 radical (unpaired) electrons. The fourth-order valence-electron chi connectivity index (χ4n) is 3.94. The molecule has 1 N–H and O–H groups in total. The van der Waals surface area contributed by atoms with Crippen LogP contribution in [0.5, 0.6) is 0 Å². The lowest BCUT2D eigenvalue weighted by atomic mass is 10.1. The Labute approximate surface area is 240 Å². The summed E-state index contributed by atoms with van der Waals surface area (Å²) in [6, 6.07) is 16.9. The minimum Gasteiger partial charge on any atom is -0.352 e. The maximum atomic E-state index is 13.9. The second kappa shape index (κ2) is 12.9. The molecule has 7 nitrogen and oxygen atoms in total. The second-order valence-corrected chi connectivity index (χ2v) is 12.4. The maximum absolute atomic E-state index is 13.9. The minimum absolute atomic E-state index is 0.0128. The van der Waals surface area contributed by atoms with Crippen molar-refractivity contribution in [2.45, 2.75) is 58.1 Å². The molecule has 1 unspecified atom stereocenters. The average Bonchev–Trinajstić information content (AvgIpc) is 2.87. The van der Waals surface area contributed by atoms with E-state index in [1.165, 1.54) is 29.2 Å². The van der Waals surface area contributed by atoms with E-state index in [0.29, 0.717) is 21.3 Å². The molecule has 0 fully saturated rings. The summed E-state index contributed by atoms with van der Waals surface area (Å²) in [6.45, 7) is 8.54. The standard InChI is InChI=1S/C29H33Cl2N3O4S/c1-19(2)32-29(36)22(5)33(17-23-8-6-7-9-27(23)31)28(35)18-34(25-13-10-20(3)21(4)16-25)39(37,38)26-14-11-24(30)12-15-26/h6-16,19,22H,17-18H2,1-5H3,(H,32,36). The fraction of sp³-hybridized carbons (Fsp3) is 0.310. The molecule has 1 atom stereocenters. The van der Waals surface area contributed by atoms with Gasteiger partial charge in [-0.3, -0.25) is 13.9 Å². The highest BCUT2D eigenvalue weighted by molar-refractivity contribution is 7.92. The van der Waals surface area contributed by atoms with Gasteiger partial charge in [-0.05, 0) is 93.8 Å². The van der Waals surface area contributed by atoms with Gasteiger partial charge in [-0.2, -0.15) is 0 Å². The summed E-state index contributed by atoms with van der Waals surface area (Å²) < 4.78 is 28.8. The molecule has 208 valence electrons. The molecule has 0 aromatic heterocycles. The van der Waals surface area contributed by atoms with Gasteiger partial charge in [-0.1, -0.05) is 47.5 Å². The molecule has 3 rings (SSSR count). The number of aryl methyl sites for hydroxylation is 2. The first-order chi connectivity index (χ1) is 18.3. The molecule has 0 bridgehead atoms. The predicted molar refractivity (Wildman–Crippen MR) is 157 cm³/mol. The molecule has 0 aliphatic rings. The van der Waals surface area contributed by atoms with Crippen LogP contribution in [0.1, 0.15) is 37.5 Å². The van der Waals surface area contributed by atoms with Gasteiger partial charge in [0.1, 0.15) is 12.6 Å². The smallest absolute Gasteiger partial charge is 0.264 e. The zero-order valence-corrected chi connectivity index (χ0v) is 24.9. The van der Waals surface area contributed by atoms with E-state index < -0.39 is 28.5 Å².